The number of benzene rings is 2. The average molecular weight is 354 g/mol. The second-order valence-corrected chi connectivity index (χ2v) is 7.73. The molecule has 106 valence electrons. The molecule has 1 aliphatic carbocycles. The summed E-state index contributed by atoms with van der Waals surface area (Å²) in [7, 11) is -3.46. The molecule has 20 heavy (non-hydrogen) atoms. The zero-order chi connectivity index (χ0) is 14.2. The van der Waals surface area contributed by atoms with Crippen molar-refractivity contribution in [2.75, 3.05) is 11.9 Å². The van der Waals surface area contributed by atoms with E-state index in [4.69, 9.17) is 0 Å². The van der Waals surface area contributed by atoms with Gasteiger partial charge in [-0.2, -0.15) is 0 Å². The summed E-state index contributed by atoms with van der Waals surface area (Å²) in [5.41, 5.74) is 0.123. The molecule has 0 spiro atoms. The summed E-state index contributed by atoms with van der Waals surface area (Å²) in [5.74, 6) is 0. The summed E-state index contributed by atoms with van der Waals surface area (Å²) in [5, 5.41) is 2.56. The molecule has 0 aliphatic heterocycles. The molecule has 3 nitrogen and oxygen atoms in total. The van der Waals surface area contributed by atoms with Gasteiger partial charge in [0.15, 0.2) is 0 Å². The number of hydrogen-bond donors (Lipinski definition) is 1. The van der Waals surface area contributed by atoms with E-state index in [9.17, 15) is 8.42 Å². The molecular weight excluding hydrogens is 338 g/mol. The van der Waals surface area contributed by atoms with Crippen LogP contribution in [0.5, 0.6) is 0 Å². The van der Waals surface area contributed by atoms with E-state index in [1.807, 2.05) is 30.3 Å². The molecule has 3 rings (SSSR count). The van der Waals surface area contributed by atoms with Crippen LogP contribution in [0.25, 0.3) is 10.8 Å². The van der Waals surface area contributed by atoms with E-state index in [1.165, 1.54) is 0 Å². The monoisotopic (exact) mass is 353 g/mol. The van der Waals surface area contributed by atoms with Crippen molar-refractivity contribution < 1.29 is 8.42 Å². The summed E-state index contributed by atoms with van der Waals surface area (Å²) in [4.78, 5) is 0.362. The molecule has 5 heteroatoms. The fraction of sp³-hybridized carbons (Fsp3) is 0.333. The zero-order valence-corrected chi connectivity index (χ0v) is 13.4. The smallest absolute Gasteiger partial charge is 0.211 e. The highest BCUT2D eigenvalue weighted by Crippen LogP contribution is 2.46. The van der Waals surface area contributed by atoms with Crippen LogP contribution >= 0.6 is 15.9 Å². The standard InChI is InChI=1S/C15H16BrNO2S/c16-10-15(8-9-15)11-17-20(18,19)14-7-3-5-12-4-1-2-6-13(12)14/h1-7,17H,8-11H2. The van der Waals surface area contributed by atoms with Crippen molar-refractivity contribution in [2.24, 2.45) is 5.41 Å². The van der Waals surface area contributed by atoms with Crippen LogP contribution in [-0.4, -0.2) is 20.3 Å². The molecule has 0 unspecified atom stereocenters. The van der Waals surface area contributed by atoms with Gasteiger partial charge >= 0.3 is 0 Å². The first kappa shape index (κ1) is 14.0. The summed E-state index contributed by atoms with van der Waals surface area (Å²) >= 11 is 3.46. The van der Waals surface area contributed by atoms with Gasteiger partial charge < -0.3 is 0 Å². The minimum Gasteiger partial charge on any atom is -0.211 e. The summed E-state index contributed by atoms with van der Waals surface area (Å²) in [6.07, 6.45) is 2.16. The topological polar surface area (TPSA) is 46.2 Å². The lowest BCUT2D eigenvalue weighted by Gasteiger charge is -2.14. The third-order valence-corrected chi connectivity index (χ3v) is 6.57. The van der Waals surface area contributed by atoms with Gasteiger partial charge in [0, 0.05) is 17.3 Å². The average Bonchev–Trinajstić information content (AvgIpc) is 3.25. The van der Waals surface area contributed by atoms with E-state index in [0.29, 0.717) is 11.4 Å². The summed E-state index contributed by atoms with van der Waals surface area (Å²) in [6, 6.07) is 12.9. The number of sulfonamides is 1. The van der Waals surface area contributed by atoms with Crippen LogP contribution in [0.1, 0.15) is 12.8 Å². The predicted octanol–water partition coefficient (Wildman–Crippen LogP) is 3.29. The predicted molar refractivity (Wildman–Crippen MR) is 84.6 cm³/mol. The number of rotatable bonds is 5. The minimum absolute atomic E-state index is 0.123. The van der Waals surface area contributed by atoms with Crippen LogP contribution in [0, 0.1) is 5.41 Å². The number of fused-ring (bicyclic) bond motifs is 1. The van der Waals surface area contributed by atoms with Gasteiger partial charge in [-0.3, -0.25) is 0 Å². The third kappa shape index (κ3) is 2.62. The van der Waals surface area contributed by atoms with Crippen LogP contribution in [0.3, 0.4) is 0 Å². The Labute approximate surface area is 127 Å². The molecule has 0 bridgehead atoms. The van der Waals surface area contributed by atoms with Crippen molar-refractivity contribution in [3.8, 4) is 0 Å². The molecule has 0 radical (unpaired) electrons. The van der Waals surface area contributed by atoms with Gasteiger partial charge in [0.25, 0.3) is 0 Å². The Bertz CT molecular complexity index is 733. The van der Waals surface area contributed by atoms with Crippen molar-refractivity contribution in [2.45, 2.75) is 17.7 Å². The molecule has 1 fully saturated rings. The van der Waals surface area contributed by atoms with Gasteiger partial charge in [0.1, 0.15) is 0 Å². The van der Waals surface area contributed by atoms with E-state index in [0.717, 1.165) is 28.9 Å². The maximum Gasteiger partial charge on any atom is 0.241 e. The van der Waals surface area contributed by atoms with Gasteiger partial charge in [-0.05, 0) is 29.7 Å². The van der Waals surface area contributed by atoms with Crippen molar-refractivity contribution in [3.63, 3.8) is 0 Å². The number of alkyl halides is 1. The van der Waals surface area contributed by atoms with Gasteiger partial charge in [0.05, 0.1) is 4.90 Å². The lowest BCUT2D eigenvalue weighted by Crippen LogP contribution is -2.31. The Morgan fingerprint density at radius 1 is 1.10 bits per heavy atom. The van der Waals surface area contributed by atoms with E-state index in [1.54, 1.807) is 12.1 Å². The molecular formula is C15H16BrNO2S. The van der Waals surface area contributed by atoms with Gasteiger partial charge in [-0.15, -0.1) is 0 Å². The number of halogens is 1. The largest absolute Gasteiger partial charge is 0.241 e. The molecule has 2 aromatic carbocycles. The molecule has 0 saturated heterocycles. The quantitative estimate of drug-likeness (QED) is 0.838. The molecule has 1 aliphatic rings. The Morgan fingerprint density at radius 3 is 2.50 bits per heavy atom. The molecule has 0 heterocycles. The molecule has 1 N–H and O–H groups in total. The normalized spacial score (nSPS) is 17.2. The van der Waals surface area contributed by atoms with Crippen molar-refractivity contribution in [3.05, 3.63) is 42.5 Å². The Balaban J connectivity index is 1.93. The minimum atomic E-state index is -3.46. The second-order valence-electron chi connectivity index (χ2n) is 5.44. The third-order valence-electron chi connectivity index (χ3n) is 3.92. The van der Waals surface area contributed by atoms with E-state index < -0.39 is 10.0 Å². The highest BCUT2D eigenvalue weighted by molar-refractivity contribution is 9.09. The first-order chi connectivity index (χ1) is 9.56. The van der Waals surface area contributed by atoms with Crippen molar-refractivity contribution >= 4 is 36.7 Å². The van der Waals surface area contributed by atoms with Crippen LogP contribution < -0.4 is 4.72 Å². The maximum absolute atomic E-state index is 12.5. The van der Waals surface area contributed by atoms with Gasteiger partial charge in [-0.25, -0.2) is 13.1 Å². The fourth-order valence-corrected chi connectivity index (χ4v) is 4.43. The van der Waals surface area contributed by atoms with E-state index >= 15 is 0 Å². The maximum atomic E-state index is 12.5. The van der Waals surface area contributed by atoms with E-state index in [2.05, 4.69) is 20.7 Å². The molecule has 2 aromatic rings. The number of hydrogen-bond acceptors (Lipinski definition) is 2. The SMILES string of the molecule is O=S(=O)(NCC1(CBr)CC1)c1cccc2ccccc12. The van der Waals surface area contributed by atoms with E-state index in [-0.39, 0.29) is 5.41 Å². The summed E-state index contributed by atoms with van der Waals surface area (Å²) in [6.45, 7) is 0.504. The van der Waals surface area contributed by atoms with Crippen LogP contribution in [0.2, 0.25) is 0 Å². The first-order valence-corrected chi connectivity index (χ1v) is 9.20. The number of nitrogens with one attached hydrogen (secondary N) is 1. The Kier molecular flexibility index (Phi) is 3.60. The Morgan fingerprint density at radius 2 is 1.80 bits per heavy atom. The first-order valence-electron chi connectivity index (χ1n) is 6.60. The molecule has 0 aromatic heterocycles. The molecule has 0 amide bonds. The lowest BCUT2D eigenvalue weighted by molar-refractivity contribution is 0.539. The molecule has 0 atom stereocenters. The highest BCUT2D eigenvalue weighted by Gasteiger charge is 2.42. The van der Waals surface area contributed by atoms with Gasteiger partial charge in [-0.1, -0.05) is 52.3 Å². The van der Waals surface area contributed by atoms with Crippen molar-refractivity contribution in [1.29, 1.82) is 0 Å². The highest BCUT2D eigenvalue weighted by atomic mass is 79.9. The van der Waals surface area contributed by atoms with Crippen LogP contribution in [0.4, 0.5) is 0 Å². The second kappa shape index (κ2) is 5.13. The molecule has 1 saturated carbocycles. The zero-order valence-electron chi connectivity index (χ0n) is 11.0. The fourth-order valence-electron chi connectivity index (χ4n) is 2.29. The van der Waals surface area contributed by atoms with Gasteiger partial charge in [0.2, 0.25) is 10.0 Å². The van der Waals surface area contributed by atoms with Crippen LogP contribution in [-0.2, 0) is 10.0 Å². The Hall–Kier alpha value is -0.910. The van der Waals surface area contributed by atoms with Crippen molar-refractivity contribution in [1.82, 2.24) is 4.72 Å². The van der Waals surface area contributed by atoms with Crippen LogP contribution in [0.15, 0.2) is 47.4 Å². The lowest BCUT2D eigenvalue weighted by atomic mass is 10.1. The summed E-state index contributed by atoms with van der Waals surface area (Å²) < 4.78 is 27.8.